The van der Waals surface area contributed by atoms with Gasteiger partial charge in [0.25, 0.3) is 5.88 Å². The van der Waals surface area contributed by atoms with Crippen molar-refractivity contribution in [1.82, 2.24) is 19.6 Å². The summed E-state index contributed by atoms with van der Waals surface area (Å²) in [5.41, 5.74) is 0.568. The lowest BCUT2D eigenvalue weighted by molar-refractivity contribution is 0.301. The van der Waals surface area contributed by atoms with E-state index in [1.165, 1.54) is 0 Å². The van der Waals surface area contributed by atoms with Crippen LogP contribution in [0, 0.1) is 0 Å². The Balaban J connectivity index is 2.40. The van der Waals surface area contributed by atoms with E-state index >= 15 is 0 Å². The SMILES string of the molecule is CCCOc1nnc(S(=O)CCC)n2ccnc12. The highest BCUT2D eigenvalue weighted by molar-refractivity contribution is 7.84. The molecule has 0 bridgehead atoms. The third kappa shape index (κ3) is 2.50. The van der Waals surface area contributed by atoms with E-state index in [0.717, 1.165) is 12.8 Å². The normalized spacial score (nSPS) is 12.8. The molecule has 0 N–H and O–H groups in total. The second-order valence-corrected chi connectivity index (χ2v) is 5.27. The first-order chi connectivity index (χ1) is 8.77. The second kappa shape index (κ2) is 5.90. The van der Waals surface area contributed by atoms with Crippen molar-refractivity contribution < 1.29 is 8.95 Å². The Kier molecular flexibility index (Phi) is 4.24. The van der Waals surface area contributed by atoms with Crippen molar-refractivity contribution in [2.45, 2.75) is 31.8 Å². The number of imidazole rings is 1. The van der Waals surface area contributed by atoms with Gasteiger partial charge in [-0.25, -0.2) is 4.98 Å². The van der Waals surface area contributed by atoms with Gasteiger partial charge in [0.2, 0.25) is 10.8 Å². The number of nitrogens with zero attached hydrogens (tertiary/aromatic N) is 4. The maximum Gasteiger partial charge on any atom is 0.277 e. The van der Waals surface area contributed by atoms with Crippen LogP contribution in [0.5, 0.6) is 5.88 Å². The van der Waals surface area contributed by atoms with Crippen LogP contribution in [0.3, 0.4) is 0 Å². The summed E-state index contributed by atoms with van der Waals surface area (Å²) in [6.45, 7) is 4.56. The van der Waals surface area contributed by atoms with E-state index in [1.54, 1.807) is 16.8 Å². The summed E-state index contributed by atoms with van der Waals surface area (Å²) >= 11 is 0. The zero-order valence-electron chi connectivity index (χ0n) is 10.5. The second-order valence-electron chi connectivity index (χ2n) is 3.81. The van der Waals surface area contributed by atoms with E-state index in [0.29, 0.717) is 29.0 Å². The number of fused-ring (bicyclic) bond motifs is 1. The van der Waals surface area contributed by atoms with Crippen LogP contribution in [0.4, 0.5) is 0 Å². The Bertz CT molecular complexity index is 555. The molecule has 2 aromatic heterocycles. The minimum atomic E-state index is -1.16. The molecule has 98 valence electrons. The van der Waals surface area contributed by atoms with Gasteiger partial charge in [0.15, 0.2) is 0 Å². The molecule has 0 aliphatic rings. The molecule has 0 saturated heterocycles. The third-order valence-corrected chi connectivity index (χ3v) is 3.77. The average Bonchev–Trinajstić information content (AvgIpc) is 2.85. The molecule has 0 saturated carbocycles. The van der Waals surface area contributed by atoms with Crippen molar-refractivity contribution in [1.29, 1.82) is 0 Å². The van der Waals surface area contributed by atoms with Gasteiger partial charge in [-0.15, -0.1) is 10.2 Å². The molecular formula is C11H16N4O2S. The van der Waals surface area contributed by atoms with Gasteiger partial charge in [-0.3, -0.25) is 8.61 Å². The largest absolute Gasteiger partial charge is 0.474 e. The summed E-state index contributed by atoms with van der Waals surface area (Å²) in [6, 6.07) is 0. The summed E-state index contributed by atoms with van der Waals surface area (Å²) in [6.07, 6.45) is 5.08. The standard InChI is InChI=1S/C11H16N4O2S/c1-3-7-17-10-9-12-5-6-15(9)11(14-13-10)18(16)8-4-2/h5-6H,3-4,7-8H2,1-2H3. The molecule has 0 aliphatic carbocycles. The van der Waals surface area contributed by atoms with E-state index in [4.69, 9.17) is 4.74 Å². The molecule has 0 radical (unpaired) electrons. The van der Waals surface area contributed by atoms with E-state index < -0.39 is 10.8 Å². The number of ether oxygens (including phenoxy) is 1. The zero-order valence-corrected chi connectivity index (χ0v) is 11.3. The number of aromatic nitrogens is 4. The molecule has 0 amide bonds. The van der Waals surface area contributed by atoms with Crippen molar-refractivity contribution in [3.8, 4) is 5.88 Å². The highest BCUT2D eigenvalue weighted by Crippen LogP contribution is 2.17. The summed E-state index contributed by atoms with van der Waals surface area (Å²) < 4.78 is 19.2. The predicted molar refractivity (Wildman–Crippen MR) is 68.1 cm³/mol. The van der Waals surface area contributed by atoms with Gasteiger partial charge >= 0.3 is 0 Å². The van der Waals surface area contributed by atoms with Gasteiger partial charge < -0.3 is 4.74 Å². The molecule has 1 unspecified atom stereocenters. The number of hydrogen-bond donors (Lipinski definition) is 0. The minimum Gasteiger partial charge on any atom is -0.474 e. The Morgan fingerprint density at radius 2 is 2.17 bits per heavy atom. The van der Waals surface area contributed by atoms with E-state index in [-0.39, 0.29) is 0 Å². The van der Waals surface area contributed by atoms with Gasteiger partial charge in [-0.1, -0.05) is 13.8 Å². The van der Waals surface area contributed by atoms with Crippen molar-refractivity contribution in [2.24, 2.45) is 0 Å². The van der Waals surface area contributed by atoms with Crippen LogP contribution < -0.4 is 4.74 Å². The third-order valence-electron chi connectivity index (χ3n) is 2.30. The van der Waals surface area contributed by atoms with Gasteiger partial charge in [0, 0.05) is 18.1 Å². The maximum absolute atomic E-state index is 12.0. The Labute approximate surface area is 108 Å². The molecule has 18 heavy (non-hydrogen) atoms. The van der Waals surface area contributed by atoms with Crippen molar-refractivity contribution in [3.05, 3.63) is 12.4 Å². The zero-order chi connectivity index (χ0) is 13.0. The van der Waals surface area contributed by atoms with E-state index in [2.05, 4.69) is 15.2 Å². The lowest BCUT2D eigenvalue weighted by Gasteiger charge is -2.07. The molecule has 1 atom stereocenters. The van der Waals surface area contributed by atoms with Crippen molar-refractivity contribution >= 4 is 16.4 Å². The summed E-state index contributed by atoms with van der Waals surface area (Å²) in [7, 11) is -1.16. The first-order valence-corrected chi connectivity index (χ1v) is 7.30. The fourth-order valence-corrected chi connectivity index (χ4v) is 2.57. The van der Waals surface area contributed by atoms with Crippen LogP contribution in [0.2, 0.25) is 0 Å². The maximum atomic E-state index is 12.0. The van der Waals surface area contributed by atoms with Crippen molar-refractivity contribution in [2.75, 3.05) is 12.4 Å². The molecule has 0 aliphatic heterocycles. The lowest BCUT2D eigenvalue weighted by atomic mass is 10.5. The minimum absolute atomic E-state index is 0.388. The van der Waals surface area contributed by atoms with E-state index in [1.807, 2.05) is 13.8 Å². The fraction of sp³-hybridized carbons (Fsp3) is 0.545. The molecule has 7 heteroatoms. The van der Waals surface area contributed by atoms with Gasteiger partial charge in [-0.05, 0) is 12.8 Å². The van der Waals surface area contributed by atoms with Crippen LogP contribution in [-0.2, 0) is 10.8 Å². The molecular weight excluding hydrogens is 252 g/mol. The highest BCUT2D eigenvalue weighted by Gasteiger charge is 2.15. The topological polar surface area (TPSA) is 69.4 Å². The molecule has 0 aromatic carbocycles. The fourth-order valence-electron chi connectivity index (χ4n) is 1.52. The number of rotatable bonds is 6. The van der Waals surface area contributed by atoms with E-state index in [9.17, 15) is 4.21 Å². The van der Waals surface area contributed by atoms with Gasteiger partial charge in [0.05, 0.1) is 17.4 Å². The molecule has 0 spiro atoms. The van der Waals surface area contributed by atoms with Crippen LogP contribution >= 0.6 is 0 Å². The first kappa shape index (κ1) is 12.9. The Hall–Kier alpha value is -1.50. The number of hydrogen-bond acceptors (Lipinski definition) is 5. The van der Waals surface area contributed by atoms with Crippen LogP contribution in [0.15, 0.2) is 17.6 Å². The molecule has 2 rings (SSSR count). The van der Waals surface area contributed by atoms with Gasteiger partial charge in [-0.2, -0.15) is 0 Å². The van der Waals surface area contributed by atoms with Crippen LogP contribution in [-0.4, -0.2) is 36.2 Å². The quantitative estimate of drug-likeness (QED) is 0.792. The average molecular weight is 268 g/mol. The summed E-state index contributed by atoms with van der Waals surface area (Å²) in [5, 5.41) is 8.39. The molecule has 2 aromatic rings. The Morgan fingerprint density at radius 1 is 1.33 bits per heavy atom. The lowest BCUT2D eigenvalue weighted by Crippen LogP contribution is -2.10. The summed E-state index contributed by atoms with van der Waals surface area (Å²) in [4.78, 5) is 4.18. The highest BCUT2D eigenvalue weighted by atomic mass is 32.2. The van der Waals surface area contributed by atoms with Gasteiger partial charge in [0.1, 0.15) is 0 Å². The molecule has 0 fully saturated rings. The molecule has 6 nitrogen and oxygen atoms in total. The molecule has 2 heterocycles. The van der Waals surface area contributed by atoms with Crippen LogP contribution in [0.25, 0.3) is 5.65 Å². The van der Waals surface area contributed by atoms with Crippen LogP contribution in [0.1, 0.15) is 26.7 Å². The predicted octanol–water partition coefficient (Wildman–Crippen LogP) is 1.43. The van der Waals surface area contributed by atoms with Crippen molar-refractivity contribution in [3.63, 3.8) is 0 Å². The summed E-state index contributed by atoms with van der Waals surface area (Å²) in [5.74, 6) is 0.955. The monoisotopic (exact) mass is 268 g/mol. The Morgan fingerprint density at radius 3 is 2.89 bits per heavy atom. The first-order valence-electron chi connectivity index (χ1n) is 5.98. The smallest absolute Gasteiger partial charge is 0.277 e.